The molecule has 0 spiro atoms. The first-order valence-corrected chi connectivity index (χ1v) is 6.68. The number of fused-ring (bicyclic) bond motifs is 1. The van der Waals surface area contributed by atoms with Gasteiger partial charge in [-0.1, -0.05) is 6.07 Å². The molecule has 1 N–H and O–H groups in total. The van der Waals surface area contributed by atoms with Crippen LogP contribution in [0.25, 0.3) is 0 Å². The van der Waals surface area contributed by atoms with E-state index >= 15 is 0 Å². The first-order valence-electron chi connectivity index (χ1n) is 6.68. The maximum absolute atomic E-state index is 12.4. The minimum atomic E-state index is -0.317. The van der Waals surface area contributed by atoms with Gasteiger partial charge in [0.05, 0.1) is 7.11 Å². The quantitative estimate of drug-likeness (QED) is 0.892. The number of nitrogens with zero attached hydrogens (tertiary/aromatic N) is 2. The van der Waals surface area contributed by atoms with E-state index in [2.05, 4.69) is 10.2 Å². The molecule has 2 heterocycles. The number of rotatable bonds is 2. The smallest absolute Gasteiger partial charge is 0.274 e. The van der Waals surface area contributed by atoms with Crippen LogP contribution in [0.4, 0.5) is 0 Å². The van der Waals surface area contributed by atoms with Gasteiger partial charge in [-0.3, -0.25) is 9.59 Å². The van der Waals surface area contributed by atoms with E-state index in [4.69, 9.17) is 4.74 Å². The highest BCUT2D eigenvalue weighted by Crippen LogP contribution is 2.24. The number of hydrogen-bond donors (Lipinski definition) is 1. The fraction of sp³-hybridized carbons (Fsp3) is 0.267. The zero-order chi connectivity index (χ0) is 14.8. The van der Waals surface area contributed by atoms with Crippen molar-refractivity contribution in [2.75, 3.05) is 13.7 Å². The summed E-state index contributed by atoms with van der Waals surface area (Å²) in [6, 6.07) is 8.64. The summed E-state index contributed by atoms with van der Waals surface area (Å²) in [5, 5.41) is 6.07. The lowest BCUT2D eigenvalue weighted by atomic mass is 9.99. The molecule has 1 aliphatic rings. The molecule has 1 aromatic heterocycles. The van der Waals surface area contributed by atoms with E-state index in [1.165, 1.54) is 17.7 Å². The Morgan fingerprint density at radius 3 is 2.86 bits per heavy atom. The van der Waals surface area contributed by atoms with Crippen LogP contribution in [0, 0.1) is 0 Å². The van der Waals surface area contributed by atoms with Crippen LogP contribution in [0.1, 0.15) is 21.6 Å². The normalized spacial score (nSPS) is 13.7. The Balaban J connectivity index is 1.81. The molecule has 1 aromatic carbocycles. The third-order valence-corrected chi connectivity index (χ3v) is 3.61. The number of ether oxygens (including phenoxy) is 1. The van der Waals surface area contributed by atoms with Gasteiger partial charge in [0, 0.05) is 19.2 Å². The molecule has 0 saturated carbocycles. The van der Waals surface area contributed by atoms with Crippen molar-refractivity contribution >= 4 is 5.91 Å². The highest BCUT2D eigenvalue weighted by molar-refractivity contribution is 5.92. The lowest BCUT2D eigenvalue weighted by molar-refractivity contribution is 0.0727. The summed E-state index contributed by atoms with van der Waals surface area (Å²) in [4.78, 5) is 25.1. The molecule has 1 aliphatic heterocycles. The summed E-state index contributed by atoms with van der Waals surface area (Å²) in [6.07, 6.45) is 0.779. The van der Waals surface area contributed by atoms with Crippen molar-refractivity contribution in [3.05, 3.63) is 57.5 Å². The van der Waals surface area contributed by atoms with E-state index < -0.39 is 0 Å². The van der Waals surface area contributed by atoms with E-state index in [1.54, 1.807) is 12.0 Å². The van der Waals surface area contributed by atoms with Crippen molar-refractivity contribution in [2.24, 2.45) is 0 Å². The predicted octanol–water partition coefficient (Wildman–Crippen LogP) is 0.977. The number of aromatic nitrogens is 2. The van der Waals surface area contributed by atoms with Gasteiger partial charge in [0.25, 0.3) is 11.5 Å². The van der Waals surface area contributed by atoms with Crippen molar-refractivity contribution in [3.63, 3.8) is 0 Å². The van der Waals surface area contributed by atoms with Gasteiger partial charge < -0.3 is 9.64 Å². The number of benzene rings is 1. The Labute approximate surface area is 121 Å². The van der Waals surface area contributed by atoms with Gasteiger partial charge in [-0.2, -0.15) is 5.10 Å². The maximum atomic E-state index is 12.4. The van der Waals surface area contributed by atoms with Crippen molar-refractivity contribution in [1.82, 2.24) is 15.1 Å². The third kappa shape index (κ3) is 2.65. The van der Waals surface area contributed by atoms with Crippen molar-refractivity contribution < 1.29 is 9.53 Å². The van der Waals surface area contributed by atoms with Crippen molar-refractivity contribution in [2.45, 2.75) is 13.0 Å². The van der Waals surface area contributed by atoms with E-state index in [9.17, 15) is 9.59 Å². The van der Waals surface area contributed by atoms with E-state index in [0.717, 1.165) is 17.7 Å². The number of amides is 1. The van der Waals surface area contributed by atoms with E-state index in [-0.39, 0.29) is 17.2 Å². The molecule has 108 valence electrons. The summed E-state index contributed by atoms with van der Waals surface area (Å²) in [5.74, 6) is 0.656. The van der Waals surface area contributed by atoms with Gasteiger partial charge in [-0.15, -0.1) is 0 Å². The average Bonchev–Trinajstić information content (AvgIpc) is 2.54. The number of nitrogens with one attached hydrogen (secondary N) is 1. The van der Waals surface area contributed by atoms with Gasteiger partial charge in [0.15, 0.2) is 0 Å². The highest BCUT2D eigenvalue weighted by atomic mass is 16.5. The van der Waals surface area contributed by atoms with E-state index in [1.807, 2.05) is 18.2 Å². The number of carbonyl (C=O) groups excluding carboxylic acids is 1. The number of methoxy groups -OCH3 is 1. The van der Waals surface area contributed by atoms with Gasteiger partial charge in [0.2, 0.25) is 0 Å². The molecule has 1 amide bonds. The molecule has 3 rings (SSSR count). The topological polar surface area (TPSA) is 75.3 Å². The predicted molar refractivity (Wildman–Crippen MR) is 76.3 cm³/mol. The summed E-state index contributed by atoms with van der Waals surface area (Å²) in [5.41, 5.74) is 2.25. The first-order chi connectivity index (χ1) is 10.2. The van der Waals surface area contributed by atoms with Crippen LogP contribution >= 0.6 is 0 Å². The molecule has 6 nitrogen and oxygen atoms in total. The molecular weight excluding hydrogens is 270 g/mol. The second kappa shape index (κ2) is 5.40. The molecule has 0 atom stereocenters. The molecule has 0 bridgehead atoms. The van der Waals surface area contributed by atoms with E-state index in [0.29, 0.717) is 13.1 Å². The minimum absolute atomic E-state index is 0.173. The van der Waals surface area contributed by atoms with Crippen LogP contribution in [-0.4, -0.2) is 34.7 Å². The largest absolute Gasteiger partial charge is 0.497 e. The Hall–Kier alpha value is -2.63. The fourth-order valence-corrected chi connectivity index (χ4v) is 2.46. The Morgan fingerprint density at radius 2 is 2.14 bits per heavy atom. The molecule has 2 aromatic rings. The summed E-state index contributed by atoms with van der Waals surface area (Å²) in [7, 11) is 1.64. The van der Waals surface area contributed by atoms with Crippen molar-refractivity contribution in [3.8, 4) is 5.75 Å². The maximum Gasteiger partial charge on any atom is 0.274 e. The third-order valence-electron chi connectivity index (χ3n) is 3.61. The molecule has 0 radical (unpaired) electrons. The molecule has 0 saturated heterocycles. The number of hydrogen-bond acceptors (Lipinski definition) is 4. The van der Waals surface area contributed by atoms with Gasteiger partial charge in [-0.25, -0.2) is 5.10 Å². The van der Waals surface area contributed by atoms with Crippen LogP contribution in [0.2, 0.25) is 0 Å². The molecule has 21 heavy (non-hydrogen) atoms. The molecule has 0 unspecified atom stereocenters. The Bertz CT molecular complexity index is 719. The molecule has 6 heteroatoms. The van der Waals surface area contributed by atoms with Crippen LogP contribution in [-0.2, 0) is 13.0 Å². The lowest BCUT2D eigenvalue weighted by Crippen LogP contribution is -2.36. The molecule has 0 aliphatic carbocycles. The summed E-state index contributed by atoms with van der Waals surface area (Å²) in [6.45, 7) is 1.17. The molecular formula is C15H15N3O3. The second-order valence-electron chi connectivity index (χ2n) is 4.92. The second-order valence-corrected chi connectivity index (χ2v) is 4.92. The van der Waals surface area contributed by atoms with Crippen LogP contribution in [0.5, 0.6) is 5.75 Å². The summed E-state index contributed by atoms with van der Waals surface area (Å²) < 4.78 is 5.21. The first kappa shape index (κ1) is 13.4. The van der Waals surface area contributed by atoms with Crippen molar-refractivity contribution in [1.29, 1.82) is 0 Å². The Morgan fingerprint density at radius 1 is 1.29 bits per heavy atom. The standard InChI is InChI=1S/C15H15N3O3/c1-21-12-3-2-11-9-18(7-6-10(11)8-12)15(20)13-4-5-14(19)17-16-13/h2-5,8H,6-7,9H2,1H3,(H,17,19). The zero-order valence-electron chi connectivity index (χ0n) is 11.6. The average molecular weight is 285 g/mol. The fourth-order valence-electron chi connectivity index (χ4n) is 2.46. The molecule has 0 fully saturated rings. The minimum Gasteiger partial charge on any atom is -0.497 e. The van der Waals surface area contributed by atoms with Gasteiger partial charge in [-0.05, 0) is 35.7 Å². The SMILES string of the molecule is COc1ccc2c(c1)CCN(C(=O)c1ccc(=O)[nH]n1)C2. The number of H-pyrrole nitrogens is 1. The lowest BCUT2D eigenvalue weighted by Gasteiger charge is -2.28. The monoisotopic (exact) mass is 285 g/mol. The van der Waals surface area contributed by atoms with Gasteiger partial charge >= 0.3 is 0 Å². The van der Waals surface area contributed by atoms with Crippen LogP contribution in [0.15, 0.2) is 35.1 Å². The van der Waals surface area contributed by atoms with Crippen LogP contribution < -0.4 is 10.3 Å². The number of carbonyl (C=O) groups is 1. The highest BCUT2D eigenvalue weighted by Gasteiger charge is 2.23. The number of aromatic amines is 1. The Kier molecular flexibility index (Phi) is 3.43. The van der Waals surface area contributed by atoms with Crippen LogP contribution in [0.3, 0.4) is 0 Å². The van der Waals surface area contributed by atoms with Gasteiger partial charge in [0.1, 0.15) is 11.4 Å². The zero-order valence-corrected chi connectivity index (χ0v) is 11.6. The summed E-state index contributed by atoms with van der Waals surface area (Å²) >= 11 is 0.